The molecule has 0 bridgehead atoms. The topological polar surface area (TPSA) is 49.4 Å². The maximum absolute atomic E-state index is 12.1. The lowest BCUT2D eigenvalue weighted by atomic mass is 10.2. The standard InChI is InChI=1S/C12H13BrN2O2/c1-8-12(17)15(7-6-11(16)14-8)10-4-2-9(13)3-5-10/h2-5,8H,6-7H2,1H3,(H,14,16). The second kappa shape index (κ2) is 4.87. The van der Waals surface area contributed by atoms with E-state index >= 15 is 0 Å². The first-order valence-corrected chi connectivity index (χ1v) is 6.23. The van der Waals surface area contributed by atoms with Gasteiger partial charge in [0.2, 0.25) is 11.8 Å². The van der Waals surface area contributed by atoms with Gasteiger partial charge < -0.3 is 10.2 Å². The molecule has 90 valence electrons. The largest absolute Gasteiger partial charge is 0.345 e. The van der Waals surface area contributed by atoms with Gasteiger partial charge in [0.05, 0.1) is 0 Å². The number of benzene rings is 1. The van der Waals surface area contributed by atoms with Gasteiger partial charge in [0, 0.05) is 23.1 Å². The van der Waals surface area contributed by atoms with E-state index in [1.165, 1.54) is 0 Å². The van der Waals surface area contributed by atoms with Crippen LogP contribution in [0, 0.1) is 0 Å². The number of hydrogen-bond acceptors (Lipinski definition) is 2. The molecular formula is C12H13BrN2O2. The van der Waals surface area contributed by atoms with Crippen LogP contribution in [0.4, 0.5) is 5.69 Å². The zero-order chi connectivity index (χ0) is 12.4. The van der Waals surface area contributed by atoms with Gasteiger partial charge in [-0.1, -0.05) is 15.9 Å². The average Bonchev–Trinajstić information content (AvgIpc) is 2.42. The number of hydrogen-bond donors (Lipinski definition) is 1. The van der Waals surface area contributed by atoms with Crippen LogP contribution in [-0.2, 0) is 9.59 Å². The SMILES string of the molecule is CC1NC(=O)CCN(c2ccc(Br)cc2)C1=O. The predicted molar refractivity (Wildman–Crippen MR) is 68.7 cm³/mol. The molecular weight excluding hydrogens is 284 g/mol. The molecule has 1 N–H and O–H groups in total. The van der Waals surface area contributed by atoms with Crippen molar-refractivity contribution in [1.82, 2.24) is 5.32 Å². The number of halogens is 1. The molecule has 1 aliphatic heterocycles. The summed E-state index contributed by atoms with van der Waals surface area (Å²) in [4.78, 5) is 25.1. The van der Waals surface area contributed by atoms with Gasteiger partial charge in [-0.15, -0.1) is 0 Å². The van der Waals surface area contributed by atoms with Crippen LogP contribution in [0.1, 0.15) is 13.3 Å². The van der Waals surface area contributed by atoms with Crippen LogP contribution >= 0.6 is 15.9 Å². The first-order valence-electron chi connectivity index (χ1n) is 5.44. The predicted octanol–water partition coefficient (Wildman–Crippen LogP) is 1.69. The van der Waals surface area contributed by atoms with Gasteiger partial charge in [-0.2, -0.15) is 0 Å². The third-order valence-corrected chi connectivity index (χ3v) is 3.24. The minimum absolute atomic E-state index is 0.0711. The summed E-state index contributed by atoms with van der Waals surface area (Å²) >= 11 is 3.35. The van der Waals surface area contributed by atoms with Gasteiger partial charge >= 0.3 is 0 Å². The van der Waals surface area contributed by atoms with Crippen molar-refractivity contribution in [3.8, 4) is 0 Å². The Hall–Kier alpha value is -1.36. The molecule has 5 heteroatoms. The second-order valence-electron chi connectivity index (χ2n) is 4.01. The molecule has 17 heavy (non-hydrogen) atoms. The fourth-order valence-corrected chi connectivity index (χ4v) is 2.07. The summed E-state index contributed by atoms with van der Waals surface area (Å²) in [6, 6.07) is 7.03. The number of nitrogens with one attached hydrogen (secondary N) is 1. The Morgan fingerprint density at radius 3 is 2.59 bits per heavy atom. The van der Waals surface area contributed by atoms with Crippen molar-refractivity contribution >= 4 is 33.4 Å². The molecule has 1 aromatic carbocycles. The lowest BCUT2D eigenvalue weighted by Crippen LogP contribution is -2.42. The minimum Gasteiger partial charge on any atom is -0.345 e. The zero-order valence-corrected chi connectivity index (χ0v) is 11.0. The first-order chi connectivity index (χ1) is 8.08. The van der Waals surface area contributed by atoms with Crippen LogP contribution in [0.5, 0.6) is 0 Å². The fraction of sp³-hybridized carbons (Fsp3) is 0.333. The van der Waals surface area contributed by atoms with E-state index < -0.39 is 6.04 Å². The van der Waals surface area contributed by atoms with Crippen LogP contribution in [-0.4, -0.2) is 24.4 Å². The quantitative estimate of drug-likeness (QED) is 0.857. The van der Waals surface area contributed by atoms with Gasteiger partial charge in [0.25, 0.3) is 0 Å². The number of anilines is 1. The van der Waals surface area contributed by atoms with Gasteiger partial charge in [0.15, 0.2) is 0 Å². The summed E-state index contributed by atoms with van der Waals surface area (Å²) in [7, 11) is 0. The van der Waals surface area contributed by atoms with Crippen LogP contribution in [0.25, 0.3) is 0 Å². The summed E-state index contributed by atoms with van der Waals surface area (Å²) < 4.78 is 0.964. The number of amides is 2. The summed E-state index contributed by atoms with van der Waals surface area (Å²) in [5.41, 5.74) is 0.821. The van der Waals surface area contributed by atoms with Crippen LogP contribution in [0.2, 0.25) is 0 Å². The van der Waals surface area contributed by atoms with Gasteiger partial charge in [0.1, 0.15) is 6.04 Å². The van der Waals surface area contributed by atoms with E-state index in [9.17, 15) is 9.59 Å². The lowest BCUT2D eigenvalue weighted by Gasteiger charge is -2.22. The normalized spacial score (nSPS) is 21.1. The number of rotatable bonds is 1. The Morgan fingerprint density at radius 1 is 1.29 bits per heavy atom. The second-order valence-corrected chi connectivity index (χ2v) is 4.92. The molecule has 0 spiro atoms. The molecule has 2 amide bonds. The Balaban J connectivity index is 2.27. The van der Waals surface area contributed by atoms with Crippen molar-refractivity contribution in [3.63, 3.8) is 0 Å². The number of carbonyl (C=O) groups excluding carboxylic acids is 2. The van der Waals surface area contributed by atoms with Crippen molar-refractivity contribution in [2.24, 2.45) is 0 Å². The van der Waals surface area contributed by atoms with E-state index in [-0.39, 0.29) is 11.8 Å². The van der Waals surface area contributed by atoms with Crippen molar-refractivity contribution in [1.29, 1.82) is 0 Å². The third-order valence-electron chi connectivity index (χ3n) is 2.71. The smallest absolute Gasteiger partial charge is 0.249 e. The molecule has 1 heterocycles. The van der Waals surface area contributed by atoms with Gasteiger partial charge in [-0.05, 0) is 31.2 Å². The summed E-state index contributed by atoms with van der Waals surface area (Å²) in [5, 5.41) is 2.66. The summed E-state index contributed by atoms with van der Waals surface area (Å²) in [6.45, 7) is 2.13. The maximum atomic E-state index is 12.1. The molecule has 1 fully saturated rings. The highest BCUT2D eigenvalue weighted by molar-refractivity contribution is 9.10. The minimum atomic E-state index is -0.464. The van der Waals surface area contributed by atoms with E-state index in [1.54, 1.807) is 11.8 Å². The Kier molecular flexibility index (Phi) is 3.47. The highest BCUT2D eigenvalue weighted by atomic mass is 79.9. The van der Waals surface area contributed by atoms with E-state index in [2.05, 4.69) is 21.2 Å². The summed E-state index contributed by atoms with van der Waals surface area (Å²) in [6.07, 6.45) is 0.339. The van der Waals surface area contributed by atoms with E-state index in [0.717, 1.165) is 10.2 Å². The Morgan fingerprint density at radius 2 is 1.94 bits per heavy atom. The molecule has 1 unspecified atom stereocenters. The molecule has 1 aromatic rings. The fourth-order valence-electron chi connectivity index (χ4n) is 1.81. The van der Waals surface area contributed by atoms with Crippen molar-refractivity contribution < 1.29 is 9.59 Å². The zero-order valence-electron chi connectivity index (χ0n) is 9.44. The van der Waals surface area contributed by atoms with Crippen LogP contribution in [0.3, 0.4) is 0 Å². The molecule has 0 radical (unpaired) electrons. The highest BCUT2D eigenvalue weighted by Crippen LogP contribution is 2.20. The number of carbonyl (C=O) groups is 2. The molecule has 0 aromatic heterocycles. The average molecular weight is 297 g/mol. The molecule has 4 nitrogen and oxygen atoms in total. The Labute approximate surface area is 108 Å². The van der Waals surface area contributed by atoms with E-state index in [0.29, 0.717) is 13.0 Å². The third kappa shape index (κ3) is 2.66. The van der Waals surface area contributed by atoms with Gasteiger partial charge in [-0.25, -0.2) is 0 Å². The van der Waals surface area contributed by atoms with Crippen LogP contribution < -0.4 is 10.2 Å². The molecule has 2 rings (SSSR count). The first kappa shape index (κ1) is 12.1. The maximum Gasteiger partial charge on any atom is 0.249 e. The van der Waals surface area contributed by atoms with Gasteiger partial charge in [-0.3, -0.25) is 9.59 Å². The monoisotopic (exact) mass is 296 g/mol. The molecule has 1 atom stereocenters. The number of nitrogens with zero attached hydrogens (tertiary/aromatic N) is 1. The summed E-state index contributed by atoms with van der Waals surface area (Å²) in [5.74, 6) is -0.149. The van der Waals surface area contributed by atoms with Crippen molar-refractivity contribution in [2.45, 2.75) is 19.4 Å². The molecule has 0 aliphatic carbocycles. The van der Waals surface area contributed by atoms with Crippen LogP contribution in [0.15, 0.2) is 28.7 Å². The van der Waals surface area contributed by atoms with E-state index in [4.69, 9.17) is 0 Å². The highest BCUT2D eigenvalue weighted by Gasteiger charge is 2.27. The molecule has 1 saturated heterocycles. The molecule has 0 saturated carbocycles. The van der Waals surface area contributed by atoms with E-state index in [1.807, 2.05) is 24.3 Å². The molecule has 1 aliphatic rings. The van der Waals surface area contributed by atoms with Crippen molar-refractivity contribution in [2.75, 3.05) is 11.4 Å². The lowest BCUT2D eigenvalue weighted by molar-refractivity contribution is -0.125. The van der Waals surface area contributed by atoms with Crippen molar-refractivity contribution in [3.05, 3.63) is 28.7 Å². The Bertz CT molecular complexity index is 444.